The number of esters is 1. The Morgan fingerprint density at radius 1 is 1.39 bits per heavy atom. The molecule has 0 saturated carbocycles. The summed E-state index contributed by atoms with van der Waals surface area (Å²) in [6, 6.07) is 9.08. The maximum absolute atomic E-state index is 12.0. The number of nitrogens with zero attached hydrogens (tertiary/aromatic N) is 1. The third-order valence-corrected chi connectivity index (χ3v) is 3.33. The number of carbonyl (C=O) groups is 2. The molecule has 1 aromatic carbocycles. The zero-order chi connectivity index (χ0) is 13.1. The number of likely N-dealkylation sites (tertiary alicyclic amines) is 1. The van der Waals surface area contributed by atoms with E-state index in [0.717, 1.165) is 5.56 Å². The molecule has 4 nitrogen and oxygen atoms in total. The van der Waals surface area contributed by atoms with E-state index in [2.05, 4.69) is 0 Å². The van der Waals surface area contributed by atoms with Gasteiger partial charge in [-0.15, -0.1) is 0 Å². The Kier molecular flexibility index (Phi) is 3.77. The van der Waals surface area contributed by atoms with Gasteiger partial charge in [-0.05, 0) is 12.6 Å². The van der Waals surface area contributed by atoms with Crippen LogP contribution < -0.4 is 0 Å². The minimum atomic E-state index is -0.443. The van der Waals surface area contributed by atoms with Crippen LogP contribution in [-0.2, 0) is 20.9 Å². The smallest absolute Gasteiger partial charge is 0.324 e. The fraction of sp³-hybridized carbons (Fsp3) is 0.429. The second-order valence-corrected chi connectivity index (χ2v) is 4.71. The standard InChI is InChI=1S/C14H17NO3/c1-10-12(16)8-15(2)13(10)14(17)18-9-11-6-4-3-5-7-11/h3-7,10,13H,8-9H2,1-2H3. The molecule has 18 heavy (non-hydrogen) atoms. The van der Waals surface area contributed by atoms with Crippen LogP contribution in [0, 0.1) is 5.92 Å². The number of rotatable bonds is 3. The van der Waals surface area contributed by atoms with Gasteiger partial charge in [0.25, 0.3) is 0 Å². The average Bonchev–Trinajstić information content (AvgIpc) is 2.62. The normalized spacial score (nSPS) is 24.2. The van der Waals surface area contributed by atoms with E-state index in [0.29, 0.717) is 6.54 Å². The van der Waals surface area contributed by atoms with Crippen LogP contribution in [0.25, 0.3) is 0 Å². The molecule has 96 valence electrons. The molecule has 4 heteroatoms. The van der Waals surface area contributed by atoms with Crippen LogP contribution in [0.3, 0.4) is 0 Å². The molecular formula is C14H17NO3. The second-order valence-electron chi connectivity index (χ2n) is 4.71. The van der Waals surface area contributed by atoms with Gasteiger partial charge in [0.1, 0.15) is 12.6 Å². The van der Waals surface area contributed by atoms with Gasteiger partial charge in [-0.1, -0.05) is 37.3 Å². The minimum Gasteiger partial charge on any atom is -0.460 e. The number of hydrogen-bond acceptors (Lipinski definition) is 4. The largest absolute Gasteiger partial charge is 0.460 e. The molecule has 0 bridgehead atoms. The van der Waals surface area contributed by atoms with Gasteiger partial charge < -0.3 is 4.74 Å². The fourth-order valence-corrected chi connectivity index (χ4v) is 2.24. The van der Waals surface area contributed by atoms with Crippen molar-refractivity contribution in [3.8, 4) is 0 Å². The second kappa shape index (κ2) is 5.31. The lowest BCUT2D eigenvalue weighted by atomic mass is 10.0. The Bertz CT molecular complexity index is 444. The molecule has 0 spiro atoms. The number of hydrogen-bond donors (Lipinski definition) is 0. The van der Waals surface area contributed by atoms with E-state index in [1.54, 1.807) is 18.9 Å². The Labute approximate surface area is 107 Å². The van der Waals surface area contributed by atoms with Crippen molar-refractivity contribution >= 4 is 11.8 Å². The first-order valence-corrected chi connectivity index (χ1v) is 6.03. The van der Waals surface area contributed by atoms with Crippen molar-refractivity contribution < 1.29 is 14.3 Å². The number of Topliss-reactive ketones (excluding diaryl/α,β-unsaturated/α-hetero) is 1. The molecule has 1 aliphatic rings. The highest BCUT2D eigenvalue weighted by molar-refractivity contribution is 5.93. The Morgan fingerprint density at radius 3 is 2.61 bits per heavy atom. The van der Waals surface area contributed by atoms with Crippen LogP contribution in [0.2, 0.25) is 0 Å². The van der Waals surface area contributed by atoms with Crippen molar-refractivity contribution in [1.82, 2.24) is 4.90 Å². The summed E-state index contributed by atoms with van der Waals surface area (Å²) in [7, 11) is 1.77. The van der Waals surface area contributed by atoms with Crippen molar-refractivity contribution in [2.75, 3.05) is 13.6 Å². The summed E-state index contributed by atoms with van der Waals surface area (Å²) in [5.41, 5.74) is 0.950. The van der Waals surface area contributed by atoms with Crippen molar-refractivity contribution in [3.05, 3.63) is 35.9 Å². The number of benzene rings is 1. The van der Waals surface area contributed by atoms with Crippen molar-refractivity contribution in [1.29, 1.82) is 0 Å². The third-order valence-electron chi connectivity index (χ3n) is 3.33. The SMILES string of the molecule is CC1C(=O)CN(C)C1C(=O)OCc1ccccc1. The third kappa shape index (κ3) is 2.59. The summed E-state index contributed by atoms with van der Waals surface area (Å²) < 4.78 is 5.27. The average molecular weight is 247 g/mol. The lowest BCUT2D eigenvalue weighted by molar-refractivity contribution is -0.151. The quantitative estimate of drug-likeness (QED) is 0.754. The molecule has 2 unspecified atom stereocenters. The van der Waals surface area contributed by atoms with Crippen LogP contribution in [0.15, 0.2) is 30.3 Å². The molecule has 0 aliphatic carbocycles. The number of likely N-dealkylation sites (N-methyl/N-ethyl adjacent to an activating group) is 1. The predicted molar refractivity (Wildman–Crippen MR) is 66.8 cm³/mol. The molecule has 2 atom stereocenters. The Morgan fingerprint density at radius 2 is 2.06 bits per heavy atom. The summed E-state index contributed by atoms with van der Waals surface area (Å²) in [5.74, 6) is -0.503. The molecule has 1 aromatic rings. The Hall–Kier alpha value is -1.68. The summed E-state index contributed by atoms with van der Waals surface area (Å²) in [6.45, 7) is 2.36. The molecule has 2 rings (SSSR count). The van der Waals surface area contributed by atoms with Crippen LogP contribution >= 0.6 is 0 Å². The van der Waals surface area contributed by atoms with Crippen LogP contribution in [0.1, 0.15) is 12.5 Å². The molecule has 1 aliphatic heterocycles. The molecule has 0 aromatic heterocycles. The van der Waals surface area contributed by atoms with Gasteiger partial charge in [-0.3, -0.25) is 14.5 Å². The molecule has 1 fully saturated rings. The highest BCUT2D eigenvalue weighted by atomic mass is 16.5. The van der Waals surface area contributed by atoms with E-state index < -0.39 is 6.04 Å². The molecule has 0 radical (unpaired) electrons. The van der Waals surface area contributed by atoms with E-state index in [4.69, 9.17) is 4.74 Å². The maximum atomic E-state index is 12.0. The first kappa shape index (κ1) is 12.8. The van der Waals surface area contributed by atoms with Crippen LogP contribution in [-0.4, -0.2) is 36.3 Å². The van der Waals surface area contributed by atoms with E-state index in [1.165, 1.54) is 0 Å². The van der Waals surface area contributed by atoms with Gasteiger partial charge in [-0.2, -0.15) is 0 Å². The number of ether oxygens (including phenoxy) is 1. The summed E-state index contributed by atoms with van der Waals surface area (Å²) in [5, 5.41) is 0. The summed E-state index contributed by atoms with van der Waals surface area (Å²) in [4.78, 5) is 25.2. The van der Waals surface area contributed by atoms with Crippen molar-refractivity contribution in [3.63, 3.8) is 0 Å². The molecule has 1 heterocycles. The van der Waals surface area contributed by atoms with Gasteiger partial charge >= 0.3 is 5.97 Å². The van der Waals surface area contributed by atoms with E-state index in [1.807, 2.05) is 30.3 Å². The maximum Gasteiger partial charge on any atom is 0.324 e. The first-order valence-electron chi connectivity index (χ1n) is 6.03. The summed E-state index contributed by atoms with van der Waals surface area (Å²) >= 11 is 0. The molecule has 0 amide bonds. The summed E-state index contributed by atoms with van der Waals surface area (Å²) in [6.07, 6.45) is 0. The zero-order valence-corrected chi connectivity index (χ0v) is 10.6. The monoisotopic (exact) mass is 247 g/mol. The van der Waals surface area contributed by atoms with Gasteiger partial charge in [0.05, 0.1) is 6.54 Å². The van der Waals surface area contributed by atoms with Gasteiger partial charge in [0.2, 0.25) is 0 Å². The van der Waals surface area contributed by atoms with Gasteiger partial charge in [0, 0.05) is 5.92 Å². The lowest BCUT2D eigenvalue weighted by Gasteiger charge is -2.19. The van der Waals surface area contributed by atoms with Crippen LogP contribution in [0.5, 0.6) is 0 Å². The van der Waals surface area contributed by atoms with E-state index in [9.17, 15) is 9.59 Å². The Balaban J connectivity index is 1.94. The highest BCUT2D eigenvalue weighted by Crippen LogP contribution is 2.20. The number of carbonyl (C=O) groups excluding carboxylic acids is 2. The molecule has 1 saturated heterocycles. The van der Waals surface area contributed by atoms with Gasteiger partial charge in [-0.25, -0.2) is 0 Å². The topological polar surface area (TPSA) is 46.6 Å². The highest BCUT2D eigenvalue weighted by Gasteiger charge is 2.41. The lowest BCUT2D eigenvalue weighted by Crippen LogP contribution is -2.37. The first-order chi connectivity index (χ1) is 8.59. The van der Waals surface area contributed by atoms with E-state index in [-0.39, 0.29) is 24.3 Å². The molecule has 0 N–H and O–H groups in total. The zero-order valence-electron chi connectivity index (χ0n) is 10.6. The van der Waals surface area contributed by atoms with Gasteiger partial charge in [0.15, 0.2) is 5.78 Å². The van der Waals surface area contributed by atoms with E-state index >= 15 is 0 Å². The minimum absolute atomic E-state index is 0.0964. The van der Waals surface area contributed by atoms with Crippen molar-refractivity contribution in [2.24, 2.45) is 5.92 Å². The van der Waals surface area contributed by atoms with Crippen molar-refractivity contribution in [2.45, 2.75) is 19.6 Å². The number of ketones is 1. The fourth-order valence-electron chi connectivity index (χ4n) is 2.24. The molecular weight excluding hydrogens is 230 g/mol. The predicted octanol–water partition coefficient (Wildman–Crippen LogP) is 1.25. The van der Waals surface area contributed by atoms with Crippen LogP contribution in [0.4, 0.5) is 0 Å².